The molecule has 0 aromatic heterocycles. The minimum Gasteiger partial charge on any atom is -0.496 e. The van der Waals surface area contributed by atoms with Crippen molar-refractivity contribution in [3.63, 3.8) is 0 Å². The summed E-state index contributed by atoms with van der Waals surface area (Å²) in [7, 11) is 1.65. The standard InChI is InChI=1S/C11H15BrO2/c1-8(13)6-7-9-4-3-5-10(14-2)11(9)12/h3-5,8,13H,6-7H2,1-2H3/t8-/m1/s1. The highest BCUT2D eigenvalue weighted by atomic mass is 79.9. The molecular formula is C11H15BrO2. The van der Waals surface area contributed by atoms with Gasteiger partial charge in [0.05, 0.1) is 17.7 Å². The van der Waals surface area contributed by atoms with Crippen molar-refractivity contribution in [2.45, 2.75) is 25.9 Å². The SMILES string of the molecule is COc1cccc(CC[C@@H](C)O)c1Br. The second-order valence-electron chi connectivity index (χ2n) is 3.32. The van der Waals surface area contributed by atoms with Gasteiger partial charge in [0.2, 0.25) is 0 Å². The number of aliphatic hydroxyl groups is 1. The number of methoxy groups -OCH3 is 1. The number of rotatable bonds is 4. The predicted octanol–water partition coefficient (Wildman–Crippen LogP) is 2.77. The van der Waals surface area contributed by atoms with Crippen LogP contribution in [0.15, 0.2) is 22.7 Å². The second kappa shape index (κ2) is 5.37. The average molecular weight is 259 g/mol. The van der Waals surface area contributed by atoms with E-state index in [4.69, 9.17) is 4.74 Å². The Morgan fingerprint density at radius 1 is 1.50 bits per heavy atom. The van der Waals surface area contributed by atoms with Crippen LogP contribution < -0.4 is 4.74 Å². The highest BCUT2D eigenvalue weighted by Gasteiger charge is 2.06. The molecule has 0 aliphatic heterocycles. The van der Waals surface area contributed by atoms with Gasteiger partial charge in [0.15, 0.2) is 0 Å². The summed E-state index contributed by atoms with van der Waals surface area (Å²) in [5.74, 6) is 0.841. The number of hydrogen-bond acceptors (Lipinski definition) is 2. The average Bonchev–Trinajstić information content (AvgIpc) is 2.16. The van der Waals surface area contributed by atoms with Crippen LogP contribution in [0.25, 0.3) is 0 Å². The Kier molecular flexibility index (Phi) is 4.42. The third-order valence-corrected chi connectivity index (χ3v) is 2.99. The molecule has 0 heterocycles. The van der Waals surface area contributed by atoms with Gasteiger partial charge in [0.25, 0.3) is 0 Å². The van der Waals surface area contributed by atoms with Gasteiger partial charge in [-0.3, -0.25) is 0 Å². The van der Waals surface area contributed by atoms with Gasteiger partial charge in [-0.05, 0) is 47.3 Å². The summed E-state index contributed by atoms with van der Waals surface area (Å²) >= 11 is 3.48. The van der Waals surface area contributed by atoms with E-state index in [1.54, 1.807) is 14.0 Å². The monoisotopic (exact) mass is 258 g/mol. The first-order valence-corrected chi connectivity index (χ1v) is 5.44. The second-order valence-corrected chi connectivity index (χ2v) is 4.11. The summed E-state index contributed by atoms with van der Waals surface area (Å²) < 4.78 is 6.17. The Bertz CT molecular complexity index is 297. The zero-order chi connectivity index (χ0) is 10.6. The number of aryl methyl sites for hydroxylation is 1. The molecule has 0 aliphatic rings. The molecule has 1 N–H and O–H groups in total. The Morgan fingerprint density at radius 3 is 2.79 bits per heavy atom. The molecule has 0 spiro atoms. The van der Waals surface area contributed by atoms with Crippen molar-refractivity contribution in [2.75, 3.05) is 7.11 Å². The Morgan fingerprint density at radius 2 is 2.21 bits per heavy atom. The lowest BCUT2D eigenvalue weighted by Crippen LogP contribution is -2.02. The quantitative estimate of drug-likeness (QED) is 0.900. The minimum atomic E-state index is -0.256. The van der Waals surface area contributed by atoms with Crippen molar-refractivity contribution in [2.24, 2.45) is 0 Å². The van der Waals surface area contributed by atoms with Crippen LogP contribution in [-0.2, 0) is 6.42 Å². The van der Waals surface area contributed by atoms with Crippen molar-refractivity contribution in [1.82, 2.24) is 0 Å². The number of halogens is 1. The van der Waals surface area contributed by atoms with E-state index < -0.39 is 0 Å². The first-order chi connectivity index (χ1) is 6.65. The van der Waals surface area contributed by atoms with Gasteiger partial charge in [0.1, 0.15) is 5.75 Å². The maximum atomic E-state index is 9.18. The Labute approximate surface area is 93.0 Å². The Hall–Kier alpha value is -0.540. The Balaban J connectivity index is 2.76. The molecule has 1 atom stereocenters. The van der Waals surface area contributed by atoms with Crippen LogP contribution in [0.1, 0.15) is 18.9 Å². The number of aliphatic hydroxyl groups excluding tert-OH is 1. The molecule has 78 valence electrons. The topological polar surface area (TPSA) is 29.5 Å². The van der Waals surface area contributed by atoms with Crippen molar-refractivity contribution in [1.29, 1.82) is 0 Å². The van der Waals surface area contributed by atoms with Crippen LogP contribution in [0.2, 0.25) is 0 Å². The molecule has 0 fully saturated rings. The zero-order valence-corrected chi connectivity index (χ0v) is 10.0. The number of benzene rings is 1. The molecule has 0 radical (unpaired) electrons. The summed E-state index contributed by atoms with van der Waals surface area (Å²) in [4.78, 5) is 0. The van der Waals surface area contributed by atoms with Gasteiger partial charge in [-0.2, -0.15) is 0 Å². The van der Waals surface area contributed by atoms with Crippen LogP contribution >= 0.6 is 15.9 Å². The fourth-order valence-electron chi connectivity index (χ4n) is 1.27. The lowest BCUT2D eigenvalue weighted by atomic mass is 10.1. The summed E-state index contributed by atoms with van der Waals surface area (Å²) in [6, 6.07) is 5.91. The summed E-state index contributed by atoms with van der Waals surface area (Å²) in [5.41, 5.74) is 1.17. The fourth-order valence-corrected chi connectivity index (χ4v) is 1.90. The van der Waals surface area contributed by atoms with E-state index in [2.05, 4.69) is 15.9 Å². The maximum absolute atomic E-state index is 9.18. The maximum Gasteiger partial charge on any atom is 0.133 e. The van der Waals surface area contributed by atoms with Crippen LogP contribution in [-0.4, -0.2) is 18.3 Å². The molecule has 1 rings (SSSR count). The number of ether oxygens (including phenoxy) is 1. The van der Waals surface area contributed by atoms with Crippen molar-refractivity contribution in [3.05, 3.63) is 28.2 Å². The molecule has 0 saturated heterocycles. The van der Waals surface area contributed by atoms with Crippen molar-refractivity contribution < 1.29 is 9.84 Å². The molecule has 2 nitrogen and oxygen atoms in total. The van der Waals surface area contributed by atoms with Gasteiger partial charge in [-0.25, -0.2) is 0 Å². The first kappa shape index (κ1) is 11.5. The lowest BCUT2D eigenvalue weighted by molar-refractivity contribution is 0.185. The van der Waals surface area contributed by atoms with Crippen molar-refractivity contribution >= 4 is 15.9 Å². The first-order valence-electron chi connectivity index (χ1n) is 4.64. The largest absolute Gasteiger partial charge is 0.496 e. The van der Waals surface area contributed by atoms with Gasteiger partial charge in [0, 0.05) is 0 Å². The predicted molar refractivity (Wildman–Crippen MR) is 60.7 cm³/mol. The van der Waals surface area contributed by atoms with E-state index in [1.165, 1.54) is 5.56 Å². The molecule has 0 saturated carbocycles. The van der Waals surface area contributed by atoms with E-state index in [9.17, 15) is 5.11 Å². The summed E-state index contributed by atoms with van der Waals surface area (Å²) in [6.07, 6.45) is 1.37. The summed E-state index contributed by atoms with van der Waals surface area (Å²) in [5, 5.41) is 9.18. The van der Waals surface area contributed by atoms with Gasteiger partial charge in [-0.15, -0.1) is 0 Å². The van der Waals surface area contributed by atoms with Gasteiger partial charge in [-0.1, -0.05) is 12.1 Å². The van der Waals surface area contributed by atoms with Crippen LogP contribution in [0.4, 0.5) is 0 Å². The molecule has 0 unspecified atom stereocenters. The van der Waals surface area contributed by atoms with E-state index >= 15 is 0 Å². The molecule has 0 amide bonds. The molecule has 3 heteroatoms. The molecule has 1 aromatic rings. The highest BCUT2D eigenvalue weighted by Crippen LogP contribution is 2.29. The fraction of sp³-hybridized carbons (Fsp3) is 0.455. The van der Waals surface area contributed by atoms with Gasteiger partial charge >= 0.3 is 0 Å². The van der Waals surface area contributed by atoms with Gasteiger partial charge < -0.3 is 9.84 Å². The van der Waals surface area contributed by atoms with Crippen LogP contribution in [0.5, 0.6) is 5.75 Å². The molecule has 0 bridgehead atoms. The zero-order valence-electron chi connectivity index (χ0n) is 8.46. The molecule has 14 heavy (non-hydrogen) atoms. The number of hydrogen-bond donors (Lipinski definition) is 1. The lowest BCUT2D eigenvalue weighted by Gasteiger charge is -2.09. The van der Waals surface area contributed by atoms with E-state index in [1.807, 2.05) is 18.2 Å². The highest BCUT2D eigenvalue weighted by molar-refractivity contribution is 9.10. The van der Waals surface area contributed by atoms with Crippen LogP contribution in [0, 0.1) is 0 Å². The molecule has 0 aliphatic carbocycles. The normalized spacial score (nSPS) is 12.6. The third-order valence-electron chi connectivity index (χ3n) is 2.09. The van der Waals surface area contributed by atoms with Crippen LogP contribution in [0.3, 0.4) is 0 Å². The van der Waals surface area contributed by atoms with E-state index in [0.717, 1.165) is 23.1 Å². The summed E-state index contributed by atoms with van der Waals surface area (Å²) in [6.45, 7) is 1.80. The van der Waals surface area contributed by atoms with E-state index in [-0.39, 0.29) is 6.10 Å². The minimum absolute atomic E-state index is 0.256. The van der Waals surface area contributed by atoms with Crippen molar-refractivity contribution in [3.8, 4) is 5.75 Å². The van der Waals surface area contributed by atoms with E-state index in [0.29, 0.717) is 0 Å². The molecular weight excluding hydrogens is 244 g/mol. The third kappa shape index (κ3) is 3.00. The smallest absolute Gasteiger partial charge is 0.133 e. The molecule has 1 aromatic carbocycles.